The monoisotopic (exact) mass is 283 g/mol. The summed E-state index contributed by atoms with van der Waals surface area (Å²) in [6.45, 7) is 10.7. The van der Waals surface area contributed by atoms with E-state index in [1.54, 1.807) is 0 Å². The Morgan fingerprint density at radius 2 is 1.75 bits per heavy atom. The number of piperazine rings is 1. The maximum atomic E-state index is 12.3. The lowest BCUT2D eigenvalue weighted by Crippen LogP contribution is -2.57. The highest BCUT2D eigenvalue weighted by molar-refractivity contribution is 5.82. The Hall–Kier alpha value is -1.30. The van der Waals surface area contributed by atoms with Gasteiger partial charge in [-0.25, -0.2) is 4.79 Å². The molecule has 1 fully saturated rings. The molecule has 0 aromatic rings. The predicted octanol–water partition coefficient (Wildman–Crippen LogP) is 1.17. The highest BCUT2D eigenvalue weighted by atomic mass is 16.2. The molecule has 3 N–H and O–H groups in total. The summed E-state index contributed by atoms with van der Waals surface area (Å²) in [5.74, 6) is 0.246. The third-order valence-electron chi connectivity index (χ3n) is 3.98. The second kappa shape index (κ2) is 8.09. The van der Waals surface area contributed by atoms with Crippen LogP contribution in [0.5, 0.6) is 0 Å². The van der Waals surface area contributed by atoms with Gasteiger partial charge in [0.25, 0.3) is 0 Å². The van der Waals surface area contributed by atoms with Crippen molar-refractivity contribution in [2.75, 3.05) is 39.3 Å². The molecule has 1 rings (SSSR count). The molecular weight excluding hydrogens is 254 g/mol. The van der Waals surface area contributed by atoms with E-state index in [0.717, 1.165) is 52.1 Å². The lowest BCUT2D eigenvalue weighted by atomic mass is 10.1. The van der Waals surface area contributed by atoms with E-state index >= 15 is 0 Å². The highest BCUT2D eigenvalue weighted by Crippen LogP contribution is 2.12. The van der Waals surface area contributed by atoms with Crippen LogP contribution in [0.2, 0.25) is 0 Å². The summed E-state index contributed by atoms with van der Waals surface area (Å²) in [6.07, 6.45) is 1.93. The average Bonchev–Trinajstić information content (AvgIpc) is 2.46. The third kappa shape index (κ3) is 4.10. The topological polar surface area (TPSA) is 76.7 Å². The Morgan fingerprint density at radius 1 is 1.20 bits per heavy atom. The van der Waals surface area contributed by atoms with Crippen molar-refractivity contribution in [3.8, 4) is 0 Å². The van der Waals surface area contributed by atoms with Gasteiger partial charge in [-0.05, 0) is 20.3 Å². The number of rotatable bonds is 6. The lowest BCUT2D eigenvalue weighted by molar-refractivity contribution is 0.104. The van der Waals surface area contributed by atoms with Crippen LogP contribution in [0.1, 0.15) is 33.6 Å². The van der Waals surface area contributed by atoms with Gasteiger partial charge in [0.2, 0.25) is 0 Å². The minimum atomic E-state index is 0.0331. The fourth-order valence-corrected chi connectivity index (χ4v) is 2.73. The molecule has 6 heteroatoms. The summed E-state index contributed by atoms with van der Waals surface area (Å²) in [4.78, 5) is 18.3. The number of nitrogens with zero attached hydrogens (tertiary/aromatic N) is 3. The maximum Gasteiger partial charge on any atom is 0.320 e. The number of amidine groups is 1. The Balaban J connectivity index is 2.54. The second-order valence-electron chi connectivity index (χ2n) is 5.24. The minimum Gasteiger partial charge on any atom is -0.386 e. The van der Waals surface area contributed by atoms with Crippen molar-refractivity contribution in [3.05, 3.63) is 0 Å². The van der Waals surface area contributed by atoms with E-state index in [2.05, 4.69) is 11.8 Å². The summed E-state index contributed by atoms with van der Waals surface area (Å²) in [5, 5.41) is 7.70. The van der Waals surface area contributed by atoms with Crippen LogP contribution in [0.25, 0.3) is 0 Å². The first-order chi connectivity index (χ1) is 9.54. The number of carbonyl (C=O) groups excluding carboxylic acids is 1. The first kappa shape index (κ1) is 16.8. The van der Waals surface area contributed by atoms with Gasteiger partial charge in [0.05, 0.1) is 6.04 Å². The van der Waals surface area contributed by atoms with Crippen molar-refractivity contribution in [3.63, 3.8) is 0 Å². The number of hydrogen-bond donors (Lipinski definition) is 2. The van der Waals surface area contributed by atoms with Gasteiger partial charge in [-0.15, -0.1) is 0 Å². The molecule has 20 heavy (non-hydrogen) atoms. The number of amides is 2. The van der Waals surface area contributed by atoms with Gasteiger partial charge in [-0.3, -0.25) is 10.3 Å². The smallest absolute Gasteiger partial charge is 0.320 e. The van der Waals surface area contributed by atoms with Crippen molar-refractivity contribution in [1.82, 2.24) is 14.7 Å². The molecule has 1 aliphatic heterocycles. The molecular formula is C14H29N5O. The van der Waals surface area contributed by atoms with Gasteiger partial charge in [0.1, 0.15) is 5.84 Å². The normalized spacial score (nSPS) is 17.9. The van der Waals surface area contributed by atoms with E-state index in [4.69, 9.17) is 11.1 Å². The number of nitrogens with one attached hydrogen (secondary N) is 1. The van der Waals surface area contributed by atoms with E-state index in [0.29, 0.717) is 0 Å². The zero-order chi connectivity index (χ0) is 15.1. The lowest BCUT2D eigenvalue weighted by Gasteiger charge is -2.40. The molecule has 0 saturated carbocycles. The molecule has 1 heterocycles. The Labute approximate surface area is 122 Å². The summed E-state index contributed by atoms with van der Waals surface area (Å²) < 4.78 is 0. The van der Waals surface area contributed by atoms with Gasteiger partial charge >= 0.3 is 6.03 Å². The molecule has 6 nitrogen and oxygen atoms in total. The van der Waals surface area contributed by atoms with Crippen LogP contribution in [-0.2, 0) is 0 Å². The molecule has 0 bridgehead atoms. The van der Waals surface area contributed by atoms with Crippen LogP contribution in [0.4, 0.5) is 4.79 Å². The van der Waals surface area contributed by atoms with Crippen LogP contribution >= 0.6 is 0 Å². The van der Waals surface area contributed by atoms with Gasteiger partial charge in [-0.1, -0.05) is 13.3 Å². The Morgan fingerprint density at radius 3 is 2.15 bits per heavy atom. The molecule has 0 radical (unpaired) electrons. The molecule has 116 valence electrons. The fourth-order valence-electron chi connectivity index (χ4n) is 2.73. The standard InChI is InChI=1S/C14H29N5O/c1-4-7-12(13(15)16)18-8-10-19(11-9-18)14(20)17(5-2)6-3/h12H,4-11H2,1-3H3,(H3,15,16). The molecule has 0 aromatic heterocycles. The van der Waals surface area contributed by atoms with E-state index in [-0.39, 0.29) is 17.9 Å². The van der Waals surface area contributed by atoms with Crippen molar-refractivity contribution in [2.45, 2.75) is 39.7 Å². The van der Waals surface area contributed by atoms with Crippen molar-refractivity contribution < 1.29 is 4.79 Å². The molecule has 0 spiro atoms. The number of urea groups is 1. The van der Waals surface area contributed by atoms with Crippen LogP contribution in [0, 0.1) is 5.41 Å². The maximum absolute atomic E-state index is 12.3. The number of hydrogen-bond acceptors (Lipinski definition) is 3. The number of carbonyl (C=O) groups is 1. The molecule has 1 aliphatic rings. The van der Waals surface area contributed by atoms with E-state index < -0.39 is 0 Å². The van der Waals surface area contributed by atoms with Crippen LogP contribution in [0.3, 0.4) is 0 Å². The summed E-state index contributed by atoms with van der Waals surface area (Å²) in [7, 11) is 0. The first-order valence-corrected chi connectivity index (χ1v) is 7.66. The third-order valence-corrected chi connectivity index (χ3v) is 3.98. The zero-order valence-electron chi connectivity index (χ0n) is 13.1. The SMILES string of the molecule is CCCC(C(=N)N)N1CCN(C(=O)N(CC)CC)CC1. The van der Waals surface area contributed by atoms with E-state index in [1.807, 2.05) is 23.6 Å². The molecule has 0 aromatic carbocycles. The predicted molar refractivity (Wildman–Crippen MR) is 82.1 cm³/mol. The molecule has 2 amide bonds. The highest BCUT2D eigenvalue weighted by Gasteiger charge is 2.28. The van der Waals surface area contributed by atoms with Gasteiger partial charge in [-0.2, -0.15) is 0 Å². The van der Waals surface area contributed by atoms with Gasteiger partial charge in [0, 0.05) is 39.3 Å². The molecule has 0 aliphatic carbocycles. The van der Waals surface area contributed by atoms with Crippen molar-refractivity contribution in [2.24, 2.45) is 5.73 Å². The van der Waals surface area contributed by atoms with E-state index in [1.165, 1.54) is 0 Å². The molecule has 1 unspecified atom stereocenters. The first-order valence-electron chi connectivity index (χ1n) is 7.66. The van der Waals surface area contributed by atoms with Crippen LogP contribution in [0.15, 0.2) is 0 Å². The second-order valence-corrected chi connectivity index (χ2v) is 5.24. The Bertz CT molecular complexity index is 322. The van der Waals surface area contributed by atoms with Crippen LogP contribution in [-0.4, -0.2) is 71.9 Å². The summed E-state index contributed by atoms with van der Waals surface area (Å²) in [6, 6.07) is 0.162. The molecule has 1 saturated heterocycles. The molecule has 1 atom stereocenters. The van der Waals surface area contributed by atoms with Gasteiger partial charge in [0.15, 0.2) is 0 Å². The van der Waals surface area contributed by atoms with Crippen molar-refractivity contribution >= 4 is 11.9 Å². The van der Waals surface area contributed by atoms with Gasteiger partial charge < -0.3 is 15.5 Å². The zero-order valence-corrected chi connectivity index (χ0v) is 13.1. The Kier molecular flexibility index (Phi) is 6.78. The van der Waals surface area contributed by atoms with E-state index in [9.17, 15) is 4.79 Å². The minimum absolute atomic E-state index is 0.0331. The fraction of sp³-hybridized carbons (Fsp3) is 0.857. The summed E-state index contributed by atoms with van der Waals surface area (Å²) >= 11 is 0. The van der Waals surface area contributed by atoms with Crippen molar-refractivity contribution in [1.29, 1.82) is 5.41 Å². The average molecular weight is 283 g/mol. The largest absolute Gasteiger partial charge is 0.386 e. The summed E-state index contributed by atoms with van der Waals surface area (Å²) in [5.41, 5.74) is 5.69. The quantitative estimate of drug-likeness (QED) is 0.567. The number of nitrogens with two attached hydrogens (primary N) is 1. The van der Waals surface area contributed by atoms with Crippen LogP contribution < -0.4 is 5.73 Å².